The fourth-order valence-corrected chi connectivity index (χ4v) is 2.06. The number of hydrogen-bond donors (Lipinski definition) is 1. The van der Waals surface area contributed by atoms with E-state index in [4.69, 9.17) is 4.74 Å². The van der Waals surface area contributed by atoms with Crippen LogP contribution in [0.1, 0.15) is 18.1 Å². The Morgan fingerprint density at radius 2 is 1.95 bits per heavy atom. The fraction of sp³-hybridized carbons (Fsp3) is 0.333. The molecule has 4 nitrogen and oxygen atoms in total. The summed E-state index contributed by atoms with van der Waals surface area (Å²) in [4.78, 5) is 0. The van der Waals surface area contributed by atoms with Crippen molar-refractivity contribution in [2.45, 2.75) is 20.8 Å². The van der Waals surface area contributed by atoms with Crippen molar-refractivity contribution in [2.24, 2.45) is 0 Å². The summed E-state index contributed by atoms with van der Waals surface area (Å²) in [7, 11) is 1.55. The Bertz CT molecular complexity index is 629. The molecule has 0 fully saturated rings. The van der Waals surface area contributed by atoms with Crippen LogP contribution in [0.15, 0.2) is 18.2 Å². The lowest BCUT2D eigenvalue weighted by molar-refractivity contribution is 0.415. The van der Waals surface area contributed by atoms with Gasteiger partial charge in [0.1, 0.15) is 17.3 Å². The molecule has 5 heteroatoms. The molecular formula is C15H18FN3O. The minimum absolute atomic E-state index is 0.324. The van der Waals surface area contributed by atoms with Crippen LogP contribution >= 0.6 is 0 Å². The third kappa shape index (κ3) is 2.57. The smallest absolute Gasteiger partial charge is 0.151 e. The predicted octanol–water partition coefficient (Wildman–Crippen LogP) is 3.34. The molecule has 0 aliphatic rings. The van der Waals surface area contributed by atoms with Crippen LogP contribution in [0.5, 0.6) is 5.75 Å². The predicted molar refractivity (Wildman–Crippen MR) is 77.6 cm³/mol. The number of benzene rings is 1. The highest BCUT2D eigenvalue weighted by Gasteiger charge is 2.15. The number of methoxy groups -OCH3 is 1. The third-order valence-electron chi connectivity index (χ3n) is 3.28. The number of halogens is 1. The first kappa shape index (κ1) is 14.2. The average Bonchev–Trinajstić information content (AvgIpc) is 2.44. The molecule has 106 valence electrons. The van der Waals surface area contributed by atoms with Crippen molar-refractivity contribution in [1.29, 1.82) is 0 Å². The molecule has 0 unspecified atom stereocenters. The van der Waals surface area contributed by atoms with E-state index in [2.05, 4.69) is 15.5 Å². The molecule has 1 heterocycles. The largest absolute Gasteiger partial charge is 0.496 e. The van der Waals surface area contributed by atoms with E-state index in [-0.39, 0.29) is 5.82 Å². The van der Waals surface area contributed by atoms with Gasteiger partial charge in [0, 0.05) is 12.1 Å². The molecule has 2 aromatic rings. The van der Waals surface area contributed by atoms with Crippen LogP contribution in [0.2, 0.25) is 0 Å². The van der Waals surface area contributed by atoms with Crippen LogP contribution in [0.4, 0.5) is 10.2 Å². The van der Waals surface area contributed by atoms with Crippen LogP contribution in [0.3, 0.4) is 0 Å². The summed E-state index contributed by atoms with van der Waals surface area (Å²) in [5.74, 6) is 1.01. The Labute approximate surface area is 118 Å². The van der Waals surface area contributed by atoms with Gasteiger partial charge < -0.3 is 10.1 Å². The number of aromatic nitrogens is 2. The van der Waals surface area contributed by atoms with E-state index in [1.165, 1.54) is 12.1 Å². The normalized spacial score (nSPS) is 10.4. The summed E-state index contributed by atoms with van der Waals surface area (Å²) < 4.78 is 18.8. The van der Waals surface area contributed by atoms with E-state index in [9.17, 15) is 4.39 Å². The monoisotopic (exact) mass is 275 g/mol. The summed E-state index contributed by atoms with van der Waals surface area (Å²) >= 11 is 0. The van der Waals surface area contributed by atoms with Crippen molar-refractivity contribution >= 4 is 5.82 Å². The van der Waals surface area contributed by atoms with Crippen molar-refractivity contribution < 1.29 is 9.13 Å². The van der Waals surface area contributed by atoms with Crippen LogP contribution < -0.4 is 10.1 Å². The quantitative estimate of drug-likeness (QED) is 0.929. The number of nitrogens with zero attached hydrogens (tertiary/aromatic N) is 2. The van der Waals surface area contributed by atoms with Crippen LogP contribution in [0.25, 0.3) is 11.3 Å². The molecule has 0 spiro atoms. The first-order chi connectivity index (χ1) is 9.58. The molecule has 0 saturated heterocycles. The van der Waals surface area contributed by atoms with Gasteiger partial charge in [0.05, 0.1) is 7.11 Å². The molecule has 1 aromatic carbocycles. The lowest BCUT2D eigenvalue weighted by atomic mass is 10.0. The Morgan fingerprint density at radius 3 is 2.60 bits per heavy atom. The highest BCUT2D eigenvalue weighted by molar-refractivity contribution is 5.72. The molecule has 2 rings (SSSR count). The Morgan fingerprint density at radius 1 is 1.20 bits per heavy atom. The van der Waals surface area contributed by atoms with Crippen molar-refractivity contribution in [3.8, 4) is 17.0 Å². The zero-order chi connectivity index (χ0) is 14.7. The van der Waals surface area contributed by atoms with Gasteiger partial charge in [-0.15, -0.1) is 10.2 Å². The second-order valence-corrected chi connectivity index (χ2v) is 4.52. The molecule has 0 atom stereocenters. The summed E-state index contributed by atoms with van der Waals surface area (Å²) in [6.07, 6.45) is 0. The molecule has 1 N–H and O–H groups in total. The van der Waals surface area contributed by atoms with Gasteiger partial charge in [0.2, 0.25) is 0 Å². The van der Waals surface area contributed by atoms with Gasteiger partial charge in [-0.25, -0.2) is 4.39 Å². The van der Waals surface area contributed by atoms with Gasteiger partial charge in [-0.2, -0.15) is 0 Å². The highest BCUT2D eigenvalue weighted by Crippen LogP contribution is 2.33. The van der Waals surface area contributed by atoms with E-state index in [0.29, 0.717) is 17.0 Å². The Balaban J connectivity index is 2.59. The van der Waals surface area contributed by atoms with Gasteiger partial charge in [0.15, 0.2) is 5.82 Å². The number of anilines is 1. The van der Waals surface area contributed by atoms with Crippen LogP contribution in [-0.2, 0) is 0 Å². The topological polar surface area (TPSA) is 47.0 Å². The maximum Gasteiger partial charge on any atom is 0.151 e. The summed E-state index contributed by atoms with van der Waals surface area (Å²) in [5.41, 5.74) is 3.21. The van der Waals surface area contributed by atoms with Crippen LogP contribution in [-0.4, -0.2) is 23.9 Å². The van der Waals surface area contributed by atoms with E-state index < -0.39 is 0 Å². The molecule has 0 bridgehead atoms. The molecule has 0 aliphatic heterocycles. The maximum atomic E-state index is 13.5. The number of ether oxygens (including phenoxy) is 1. The number of hydrogen-bond acceptors (Lipinski definition) is 4. The minimum atomic E-state index is -0.324. The minimum Gasteiger partial charge on any atom is -0.496 e. The van der Waals surface area contributed by atoms with Crippen molar-refractivity contribution in [2.75, 3.05) is 19.0 Å². The summed E-state index contributed by atoms with van der Waals surface area (Å²) in [6, 6.07) is 4.38. The Hall–Kier alpha value is -2.17. The van der Waals surface area contributed by atoms with E-state index >= 15 is 0 Å². The van der Waals surface area contributed by atoms with Gasteiger partial charge >= 0.3 is 0 Å². The SMILES string of the molecule is CCNc1nnc(-c2cc(F)ccc2OC)c(C)c1C. The molecule has 0 amide bonds. The average molecular weight is 275 g/mol. The van der Waals surface area contributed by atoms with E-state index in [1.807, 2.05) is 20.8 Å². The standard InChI is InChI=1S/C15H18FN3O/c1-5-17-15-10(3)9(2)14(18-19-15)12-8-11(16)6-7-13(12)20-4/h6-8H,5H2,1-4H3,(H,17,19). The van der Waals surface area contributed by atoms with Crippen LogP contribution in [0, 0.1) is 19.7 Å². The molecule has 0 aliphatic carbocycles. The molecule has 1 aromatic heterocycles. The van der Waals surface area contributed by atoms with Gasteiger partial charge in [-0.05, 0) is 50.1 Å². The van der Waals surface area contributed by atoms with Gasteiger partial charge in [0.25, 0.3) is 0 Å². The third-order valence-corrected chi connectivity index (χ3v) is 3.28. The first-order valence-corrected chi connectivity index (χ1v) is 6.50. The van der Waals surface area contributed by atoms with Gasteiger partial charge in [-0.3, -0.25) is 0 Å². The van der Waals surface area contributed by atoms with Crippen molar-refractivity contribution in [3.05, 3.63) is 35.1 Å². The first-order valence-electron chi connectivity index (χ1n) is 6.50. The molecule has 0 radical (unpaired) electrons. The molecular weight excluding hydrogens is 257 g/mol. The number of rotatable bonds is 4. The van der Waals surface area contributed by atoms with Crippen molar-refractivity contribution in [1.82, 2.24) is 10.2 Å². The van der Waals surface area contributed by atoms with Gasteiger partial charge in [-0.1, -0.05) is 0 Å². The lowest BCUT2D eigenvalue weighted by Gasteiger charge is -2.14. The molecule has 20 heavy (non-hydrogen) atoms. The number of nitrogens with one attached hydrogen (secondary N) is 1. The van der Waals surface area contributed by atoms with E-state index in [0.717, 1.165) is 23.5 Å². The Kier molecular flexibility index (Phi) is 4.17. The molecule has 0 saturated carbocycles. The second-order valence-electron chi connectivity index (χ2n) is 4.52. The second kappa shape index (κ2) is 5.86. The maximum absolute atomic E-state index is 13.5. The summed E-state index contributed by atoms with van der Waals surface area (Å²) in [5, 5.41) is 11.5. The van der Waals surface area contributed by atoms with E-state index in [1.54, 1.807) is 13.2 Å². The zero-order valence-electron chi connectivity index (χ0n) is 12.1. The zero-order valence-corrected chi connectivity index (χ0v) is 12.1. The highest BCUT2D eigenvalue weighted by atomic mass is 19.1. The summed E-state index contributed by atoms with van der Waals surface area (Å²) in [6.45, 7) is 6.69. The fourth-order valence-electron chi connectivity index (χ4n) is 2.06. The lowest BCUT2D eigenvalue weighted by Crippen LogP contribution is -2.06. The van der Waals surface area contributed by atoms with Crippen molar-refractivity contribution in [3.63, 3.8) is 0 Å².